The van der Waals surface area contributed by atoms with Crippen LogP contribution in [0.25, 0.3) is 0 Å². The summed E-state index contributed by atoms with van der Waals surface area (Å²) < 4.78 is 5.53. The van der Waals surface area contributed by atoms with Crippen molar-refractivity contribution in [3.8, 4) is 0 Å². The zero-order chi connectivity index (χ0) is 10.1. The third-order valence-corrected chi connectivity index (χ3v) is 3.24. The monoisotopic (exact) mass is 255 g/mol. The lowest BCUT2D eigenvalue weighted by atomic mass is 10.1. The molecule has 3 nitrogen and oxygen atoms in total. The second-order valence-electron chi connectivity index (χ2n) is 3.19. The average molecular weight is 256 g/mol. The van der Waals surface area contributed by atoms with E-state index in [4.69, 9.17) is 4.74 Å². The fourth-order valence-electron chi connectivity index (χ4n) is 1.35. The molecule has 0 spiro atoms. The first-order valence-electron chi connectivity index (χ1n) is 4.53. The molecule has 1 aliphatic heterocycles. The van der Waals surface area contributed by atoms with E-state index >= 15 is 0 Å². The third kappa shape index (κ3) is 1.66. The van der Waals surface area contributed by atoms with Gasteiger partial charge in [0, 0.05) is 6.08 Å². The quantitative estimate of drug-likeness (QED) is 0.559. The maximum absolute atomic E-state index is 11.0. The number of carbonyl (C=O) groups is 1. The molecule has 0 N–H and O–H groups in total. The lowest BCUT2D eigenvalue weighted by Crippen LogP contribution is -2.17. The van der Waals surface area contributed by atoms with E-state index in [-0.39, 0.29) is 16.8 Å². The summed E-state index contributed by atoms with van der Waals surface area (Å²) >= 11 is 3.48. The number of rotatable bonds is 2. The zero-order valence-electron chi connectivity index (χ0n) is 7.74. The lowest BCUT2D eigenvalue weighted by molar-refractivity contribution is -0.110. The van der Waals surface area contributed by atoms with E-state index < -0.39 is 0 Å². The van der Waals surface area contributed by atoms with Gasteiger partial charge in [0.25, 0.3) is 0 Å². The van der Waals surface area contributed by atoms with Crippen LogP contribution in [0.15, 0.2) is 29.0 Å². The molecule has 0 saturated heterocycles. The summed E-state index contributed by atoms with van der Waals surface area (Å²) in [5.41, 5.74) is 0.771. The molecule has 0 fully saturated rings. The van der Waals surface area contributed by atoms with Crippen molar-refractivity contribution in [3.63, 3.8) is 0 Å². The summed E-state index contributed by atoms with van der Waals surface area (Å²) in [5, 5.41) is 0. The van der Waals surface area contributed by atoms with Crippen molar-refractivity contribution in [2.24, 2.45) is 4.99 Å². The third-order valence-electron chi connectivity index (χ3n) is 2.14. The molecule has 0 radical (unpaired) electrons. The highest BCUT2D eigenvalue weighted by atomic mass is 79.9. The van der Waals surface area contributed by atoms with Crippen LogP contribution in [-0.4, -0.2) is 22.6 Å². The molecule has 0 aromatic rings. The van der Waals surface area contributed by atoms with Crippen LogP contribution in [0.1, 0.15) is 13.3 Å². The van der Waals surface area contributed by atoms with Gasteiger partial charge in [-0.1, -0.05) is 22.9 Å². The van der Waals surface area contributed by atoms with Crippen molar-refractivity contribution < 1.29 is 9.53 Å². The summed E-state index contributed by atoms with van der Waals surface area (Å²) in [7, 11) is 0. The fraction of sp³-hybridized carbons (Fsp3) is 0.400. The molecule has 0 aromatic carbocycles. The number of halogens is 1. The fourth-order valence-corrected chi connectivity index (χ4v) is 1.57. The molecule has 2 aliphatic rings. The lowest BCUT2D eigenvalue weighted by Gasteiger charge is -2.13. The normalized spacial score (nSPS) is 26.4. The molecule has 14 heavy (non-hydrogen) atoms. The number of hydrogen-bond acceptors (Lipinski definition) is 3. The highest BCUT2D eigenvalue weighted by Crippen LogP contribution is 2.26. The predicted molar refractivity (Wildman–Crippen MR) is 57.5 cm³/mol. The number of fused-ring (bicyclic) bond motifs is 1. The number of hydrogen-bond donors (Lipinski definition) is 0. The van der Waals surface area contributed by atoms with Crippen molar-refractivity contribution >= 4 is 27.4 Å². The predicted octanol–water partition coefficient (Wildman–Crippen LogP) is 1.98. The molecular formula is C10H10BrNO2. The van der Waals surface area contributed by atoms with Crippen LogP contribution in [0.3, 0.4) is 0 Å². The second-order valence-corrected chi connectivity index (χ2v) is 4.37. The Hall–Kier alpha value is -0.900. The van der Waals surface area contributed by atoms with Crippen molar-refractivity contribution in [2.75, 3.05) is 0 Å². The molecule has 0 saturated carbocycles. The van der Waals surface area contributed by atoms with E-state index in [2.05, 4.69) is 27.8 Å². The van der Waals surface area contributed by atoms with E-state index in [1.165, 1.54) is 12.2 Å². The standard InChI is InChI=1S/C10H10BrNO2/c1-2-7(11)10-12-8-4-3-6(13)5-9(8)14-10/h3-5,7,10H,2H2,1H3. The van der Waals surface area contributed by atoms with E-state index in [0.29, 0.717) is 5.76 Å². The van der Waals surface area contributed by atoms with Crippen LogP contribution < -0.4 is 0 Å². The highest BCUT2D eigenvalue weighted by Gasteiger charge is 2.29. The first kappa shape index (κ1) is 9.65. The number of aliphatic imine (C=N–C) groups is 1. The molecule has 0 bridgehead atoms. The first-order valence-corrected chi connectivity index (χ1v) is 5.45. The summed E-state index contributed by atoms with van der Waals surface area (Å²) in [6, 6.07) is 0. The SMILES string of the molecule is CCC(Br)C1N=C2C=CC(=O)C=C2O1. The van der Waals surface area contributed by atoms with Gasteiger partial charge in [-0.3, -0.25) is 4.79 Å². The summed E-state index contributed by atoms with van der Waals surface area (Å²) in [5.74, 6) is 0.558. The molecule has 2 unspecified atom stereocenters. The number of nitrogens with zero attached hydrogens (tertiary/aromatic N) is 1. The first-order chi connectivity index (χ1) is 6.70. The van der Waals surface area contributed by atoms with Gasteiger partial charge < -0.3 is 4.74 Å². The van der Waals surface area contributed by atoms with Gasteiger partial charge in [0.1, 0.15) is 5.71 Å². The van der Waals surface area contributed by atoms with Gasteiger partial charge in [0.2, 0.25) is 6.23 Å². The van der Waals surface area contributed by atoms with E-state index in [1.807, 2.05) is 0 Å². The van der Waals surface area contributed by atoms with Gasteiger partial charge in [0.15, 0.2) is 11.5 Å². The maximum Gasteiger partial charge on any atom is 0.202 e. The van der Waals surface area contributed by atoms with Gasteiger partial charge >= 0.3 is 0 Å². The van der Waals surface area contributed by atoms with Crippen LogP contribution in [0, 0.1) is 0 Å². The van der Waals surface area contributed by atoms with Gasteiger partial charge in [-0.2, -0.15) is 0 Å². The van der Waals surface area contributed by atoms with E-state index in [0.717, 1.165) is 12.1 Å². The van der Waals surface area contributed by atoms with Crippen molar-refractivity contribution in [3.05, 3.63) is 24.0 Å². The Morgan fingerprint density at radius 1 is 1.64 bits per heavy atom. The second kappa shape index (κ2) is 3.69. The molecule has 2 atom stereocenters. The minimum atomic E-state index is -0.197. The molecule has 1 aliphatic carbocycles. The van der Waals surface area contributed by atoms with Gasteiger partial charge in [-0.25, -0.2) is 4.99 Å². The molecule has 1 heterocycles. The Balaban J connectivity index is 2.20. The van der Waals surface area contributed by atoms with Crippen LogP contribution >= 0.6 is 15.9 Å². The number of allylic oxidation sites excluding steroid dienone is 3. The number of ketones is 1. The van der Waals surface area contributed by atoms with E-state index in [9.17, 15) is 4.79 Å². The van der Waals surface area contributed by atoms with Crippen LogP contribution in [0.4, 0.5) is 0 Å². The maximum atomic E-state index is 11.0. The van der Waals surface area contributed by atoms with Crippen LogP contribution in [0.5, 0.6) is 0 Å². The minimum absolute atomic E-state index is 0.0396. The van der Waals surface area contributed by atoms with Crippen LogP contribution in [0.2, 0.25) is 0 Å². The number of alkyl halides is 1. The Kier molecular flexibility index (Phi) is 2.54. The molecular weight excluding hydrogens is 246 g/mol. The Morgan fingerprint density at radius 3 is 3.14 bits per heavy atom. The topological polar surface area (TPSA) is 38.7 Å². The Labute approximate surface area is 90.7 Å². The van der Waals surface area contributed by atoms with Crippen molar-refractivity contribution in [2.45, 2.75) is 24.4 Å². The highest BCUT2D eigenvalue weighted by molar-refractivity contribution is 9.09. The van der Waals surface area contributed by atoms with Gasteiger partial charge in [0.05, 0.1) is 4.83 Å². The average Bonchev–Trinajstić information content (AvgIpc) is 2.59. The van der Waals surface area contributed by atoms with Crippen molar-refractivity contribution in [1.29, 1.82) is 0 Å². The Morgan fingerprint density at radius 2 is 2.43 bits per heavy atom. The largest absolute Gasteiger partial charge is 0.465 e. The molecule has 2 rings (SSSR count). The van der Waals surface area contributed by atoms with Crippen LogP contribution in [-0.2, 0) is 9.53 Å². The number of ether oxygens (including phenoxy) is 1. The summed E-state index contributed by atoms with van der Waals surface area (Å²) in [4.78, 5) is 15.6. The van der Waals surface area contributed by atoms with Crippen molar-refractivity contribution in [1.82, 2.24) is 0 Å². The number of carbonyl (C=O) groups excluding carboxylic acids is 1. The summed E-state index contributed by atoms with van der Waals surface area (Å²) in [6.07, 6.45) is 5.42. The summed E-state index contributed by atoms with van der Waals surface area (Å²) in [6.45, 7) is 2.06. The van der Waals surface area contributed by atoms with Gasteiger partial charge in [-0.05, 0) is 18.6 Å². The molecule has 0 amide bonds. The zero-order valence-corrected chi connectivity index (χ0v) is 9.32. The smallest absolute Gasteiger partial charge is 0.202 e. The molecule has 4 heteroatoms. The molecule has 0 aromatic heterocycles. The van der Waals surface area contributed by atoms with E-state index in [1.54, 1.807) is 6.08 Å². The molecule has 74 valence electrons. The minimum Gasteiger partial charge on any atom is -0.465 e. The van der Waals surface area contributed by atoms with Gasteiger partial charge in [-0.15, -0.1) is 0 Å². The Bertz CT molecular complexity index is 357.